The lowest BCUT2D eigenvalue weighted by Crippen LogP contribution is -2.69. The van der Waals surface area contributed by atoms with E-state index in [1.807, 2.05) is 20.8 Å². The highest BCUT2D eigenvalue weighted by Crippen LogP contribution is 2.77. The summed E-state index contributed by atoms with van der Waals surface area (Å²) < 4.78 is 72.9. The van der Waals surface area contributed by atoms with E-state index in [-0.39, 0.29) is 31.1 Å². The summed E-state index contributed by atoms with van der Waals surface area (Å²) in [6.45, 7) is 15.0. The van der Waals surface area contributed by atoms with E-state index in [0.29, 0.717) is 32.1 Å². The number of hydrogen-bond acceptors (Lipinski definition) is 18. The van der Waals surface area contributed by atoms with Crippen LogP contribution in [0, 0.1) is 33.5 Å². The highest BCUT2D eigenvalue weighted by Gasteiger charge is 2.87. The first-order valence-electron chi connectivity index (χ1n) is 22.0. The van der Waals surface area contributed by atoms with Crippen molar-refractivity contribution >= 4 is 28.1 Å². The first-order chi connectivity index (χ1) is 28.9. The molecule has 358 valence electrons. The lowest BCUT2D eigenvalue weighted by molar-refractivity contribution is -0.362. The van der Waals surface area contributed by atoms with Crippen molar-refractivity contribution in [1.82, 2.24) is 0 Å². The van der Waals surface area contributed by atoms with Crippen LogP contribution in [0.2, 0.25) is 0 Å². The Morgan fingerprint density at radius 3 is 2.21 bits per heavy atom. The smallest absolute Gasteiger partial charge is 0.397 e. The van der Waals surface area contributed by atoms with Crippen LogP contribution in [0.5, 0.6) is 0 Å². The third-order valence-corrected chi connectivity index (χ3v) is 17.2. The van der Waals surface area contributed by atoms with Gasteiger partial charge in [0.25, 0.3) is 0 Å². The molecule has 0 radical (unpaired) electrons. The zero-order valence-corrected chi connectivity index (χ0v) is 38.2. The molecular formula is C43H66O19S. The average Bonchev–Trinajstić information content (AvgIpc) is 3.54. The normalized spacial score (nSPS) is 48.2. The number of rotatable bonds is 11. The van der Waals surface area contributed by atoms with Gasteiger partial charge in [0.05, 0.1) is 24.9 Å². The molecule has 2 unspecified atom stereocenters. The molecule has 4 aliphatic carbocycles. The van der Waals surface area contributed by atoms with Crippen molar-refractivity contribution in [2.24, 2.45) is 33.5 Å². The average molecular weight is 919 g/mol. The predicted molar refractivity (Wildman–Crippen MR) is 215 cm³/mol. The van der Waals surface area contributed by atoms with Crippen LogP contribution in [-0.4, -0.2) is 152 Å². The van der Waals surface area contributed by atoms with Crippen molar-refractivity contribution in [3.8, 4) is 0 Å². The molecule has 20 heteroatoms. The van der Waals surface area contributed by atoms with Crippen LogP contribution in [0.4, 0.5) is 0 Å². The second-order valence-corrected chi connectivity index (χ2v) is 22.0. The molecule has 19 nitrogen and oxygen atoms in total. The summed E-state index contributed by atoms with van der Waals surface area (Å²) in [5.41, 5.74) is -8.18. The predicted octanol–water partition coefficient (Wildman–Crippen LogP) is 1.17. The van der Waals surface area contributed by atoms with E-state index in [2.05, 4.69) is 11.1 Å². The third kappa shape index (κ3) is 7.36. The Morgan fingerprint density at radius 1 is 0.905 bits per heavy atom. The standard InChI is InChI=1S/C43H66O19S/c1-20-29(47)31(49)32(50)34(57-20)59-33-30(48)24(62-63(53,54)55)19-56-35(33)58-28-13-15-39(7)23-18-27(46)43-36(51)61-41(9,26(45)12-14-37(3,4)60-21(2)44)42(43,52)17-16-40(43,8)22(23)10-11-25(39)38(28,5)6/h18,20,22,24-25,27-35,46-50,52H,10-17,19H2,1-9H3,(H,53,54,55)/t20-,22?,24-,25?,27+,28+,29-,30+,31+,32-,33-,34+,35+,39-,40+,41+,42+,43-/m1/s1. The Labute approximate surface area is 367 Å². The molecule has 7 aliphatic rings. The fourth-order valence-electron chi connectivity index (χ4n) is 13.4. The van der Waals surface area contributed by atoms with Gasteiger partial charge >= 0.3 is 22.3 Å². The Balaban J connectivity index is 1.15. The van der Waals surface area contributed by atoms with E-state index >= 15 is 0 Å². The van der Waals surface area contributed by atoms with Crippen molar-refractivity contribution in [2.45, 2.75) is 198 Å². The number of hydrogen-bond donors (Lipinski definition) is 7. The van der Waals surface area contributed by atoms with Crippen LogP contribution in [0.3, 0.4) is 0 Å². The van der Waals surface area contributed by atoms with Gasteiger partial charge in [-0.15, -0.1) is 0 Å². The number of carbonyl (C=O) groups is 3. The first kappa shape index (κ1) is 48.7. The van der Waals surface area contributed by atoms with Gasteiger partial charge < -0.3 is 59.1 Å². The molecule has 1 spiro atoms. The number of allylic oxidation sites excluding steroid dienone is 1. The van der Waals surface area contributed by atoms with Crippen LogP contribution in [-0.2, 0) is 57.4 Å². The number of esters is 2. The van der Waals surface area contributed by atoms with Crippen molar-refractivity contribution in [2.75, 3.05) is 6.61 Å². The van der Waals surface area contributed by atoms with Crippen molar-refractivity contribution < 1.29 is 90.6 Å². The lowest BCUT2D eigenvalue weighted by atomic mass is 9.40. The van der Waals surface area contributed by atoms with Crippen LogP contribution in [0.25, 0.3) is 0 Å². The number of carbonyl (C=O) groups excluding carboxylic acids is 3. The molecule has 63 heavy (non-hydrogen) atoms. The van der Waals surface area contributed by atoms with Crippen LogP contribution >= 0.6 is 0 Å². The molecule has 7 N–H and O–H groups in total. The quantitative estimate of drug-likeness (QED) is 0.0662. The number of ketones is 1. The van der Waals surface area contributed by atoms with Gasteiger partial charge in [0.15, 0.2) is 24.0 Å². The highest BCUT2D eigenvalue weighted by atomic mass is 32.3. The summed E-state index contributed by atoms with van der Waals surface area (Å²) >= 11 is 0. The third-order valence-electron chi connectivity index (χ3n) is 16.7. The first-order valence-corrected chi connectivity index (χ1v) is 23.3. The minimum atomic E-state index is -5.07. The van der Waals surface area contributed by atoms with Gasteiger partial charge in [-0.3, -0.25) is 18.9 Å². The molecule has 3 heterocycles. The van der Waals surface area contributed by atoms with Gasteiger partial charge in [0.2, 0.25) is 0 Å². The molecule has 3 saturated heterocycles. The maximum atomic E-state index is 14.5. The topological polar surface area (TPSA) is 292 Å². The number of aliphatic hydroxyl groups is 6. The molecule has 0 bridgehead atoms. The molecule has 0 amide bonds. The molecule has 0 aromatic carbocycles. The summed E-state index contributed by atoms with van der Waals surface area (Å²) in [6.07, 6.45) is -12.1. The Morgan fingerprint density at radius 2 is 1.57 bits per heavy atom. The second-order valence-electron chi connectivity index (χ2n) is 21.0. The van der Waals surface area contributed by atoms with Gasteiger partial charge in [-0.1, -0.05) is 39.3 Å². The van der Waals surface area contributed by atoms with E-state index in [9.17, 15) is 58.0 Å². The zero-order valence-electron chi connectivity index (χ0n) is 37.4. The van der Waals surface area contributed by atoms with Crippen LogP contribution in [0.15, 0.2) is 11.6 Å². The Bertz CT molecular complexity index is 1970. The van der Waals surface area contributed by atoms with E-state index in [4.69, 9.17) is 28.4 Å². The fraction of sp³-hybridized carbons (Fsp3) is 0.884. The molecule has 3 saturated carbocycles. The van der Waals surface area contributed by atoms with Crippen molar-refractivity contribution in [1.29, 1.82) is 0 Å². The van der Waals surface area contributed by atoms with Gasteiger partial charge in [-0.05, 0) is 101 Å². The van der Waals surface area contributed by atoms with Crippen LogP contribution < -0.4 is 0 Å². The number of aliphatic hydroxyl groups excluding tert-OH is 5. The van der Waals surface area contributed by atoms with Crippen molar-refractivity contribution in [3.05, 3.63) is 11.6 Å². The Hall–Kier alpha value is -2.18. The van der Waals surface area contributed by atoms with Gasteiger partial charge in [-0.25, -0.2) is 4.18 Å². The van der Waals surface area contributed by atoms with E-state index in [0.717, 1.165) is 5.57 Å². The summed E-state index contributed by atoms with van der Waals surface area (Å²) in [5.74, 6) is -2.26. The van der Waals surface area contributed by atoms with Crippen molar-refractivity contribution in [3.63, 3.8) is 0 Å². The molecule has 7 rings (SSSR count). The van der Waals surface area contributed by atoms with E-state index in [1.165, 1.54) is 20.8 Å². The molecule has 18 atom stereocenters. The largest absolute Gasteiger partial charge is 0.460 e. The maximum absolute atomic E-state index is 14.5. The van der Waals surface area contributed by atoms with Gasteiger partial charge in [-0.2, -0.15) is 8.42 Å². The second kappa shape index (κ2) is 16.0. The minimum absolute atomic E-state index is 0.0229. The summed E-state index contributed by atoms with van der Waals surface area (Å²) in [6, 6.07) is 0. The number of Topliss-reactive ketones (excluding diaryl/α,β-unsaturated/α-hetero) is 1. The Kier molecular flexibility index (Phi) is 12.4. The molecular weight excluding hydrogens is 853 g/mol. The number of cyclic esters (lactones) is 1. The highest BCUT2D eigenvalue weighted by molar-refractivity contribution is 7.80. The lowest BCUT2D eigenvalue weighted by Gasteiger charge is -2.64. The maximum Gasteiger partial charge on any atom is 0.397 e. The summed E-state index contributed by atoms with van der Waals surface area (Å²) in [7, 11) is -5.07. The number of ether oxygens (including phenoxy) is 6. The molecule has 3 aliphatic heterocycles. The number of fused-ring (bicyclic) bond motifs is 4. The molecule has 0 aromatic heterocycles. The SMILES string of the molecule is CC(=O)OC(C)(C)CCC(=O)[C@]1(C)OC(=O)[C@]23[C@@H](O)C=C4C(CCC5C(C)(C)[C@@H](O[C@@H]6OC[C@@H](OS(=O)(=O)O)[C@H](O)[C@H]6O[C@@H]6O[C@H](C)[C@@H](O)[C@H](O)[C@H]6O)CC[C@]45C)[C@]2(C)CC[C@@]31O. The van der Waals surface area contributed by atoms with Gasteiger partial charge in [0, 0.05) is 13.3 Å². The molecule has 0 aromatic rings. The summed E-state index contributed by atoms with van der Waals surface area (Å²) in [4.78, 5) is 40.3. The van der Waals surface area contributed by atoms with Gasteiger partial charge in [0.1, 0.15) is 53.2 Å². The fourth-order valence-corrected chi connectivity index (χ4v) is 13.8. The van der Waals surface area contributed by atoms with E-state index < -0.39 is 141 Å². The van der Waals surface area contributed by atoms with Crippen LogP contribution in [0.1, 0.15) is 114 Å². The summed E-state index contributed by atoms with van der Waals surface area (Å²) in [5, 5.41) is 68.1. The zero-order chi connectivity index (χ0) is 46.8. The molecule has 6 fully saturated rings. The van der Waals surface area contributed by atoms with E-state index in [1.54, 1.807) is 19.9 Å². The minimum Gasteiger partial charge on any atom is -0.460 e. The monoisotopic (exact) mass is 918 g/mol.